The number of thiophene rings is 1. The molecule has 3 rings (SSSR count). The predicted octanol–water partition coefficient (Wildman–Crippen LogP) is 4.45. The molecule has 0 N–H and O–H groups in total. The summed E-state index contributed by atoms with van der Waals surface area (Å²) in [6.07, 6.45) is 4.92. The number of carbonyl (C=O) groups is 1. The number of nitriles is 1. The zero-order valence-corrected chi connectivity index (χ0v) is 14.3. The molecule has 4 nitrogen and oxygen atoms in total. The van der Waals surface area contributed by atoms with Crippen LogP contribution >= 0.6 is 11.3 Å². The largest absolute Gasteiger partial charge is 0.467 e. The van der Waals surface area contributed by atoms with Crippen molar-refractivity contribution in [2.45, 2.75) is 13.1 Å². The molecule has 0 spiro atoms. The van der Waals surface area contributed by atoms with Gasteiger partial charge in [0.25, 0.3) is 0 Å². The Hall–Kier alpha value is -3.10. The van der Waals surface area contributed by atoms with Gasteiger partial charge < -0.3 is 9.32 Å². The highest BCUT2D eigenvalue weighted by atomic mass is 32.1. The lowest BCUT2D eigenvalue weighted by Crippen LogP contribution is -2.27. The SMILES string of the molecule is N#Cc1ccc(/C=C/C(=O)N(Cc2ccco2)Cc2cccs2)cc1. The van der Waals surface area contributed by atoms with Gasteiger partial charge in [-0.3, -0.25) is 4.79 Å². The number of carbonyl (C=O) groups excluding carboxylic acids is 1. The highest BCUT2D eigenvalue weighted by molar-refractivity contribution is 7.09. The molecule has 2 heterocycles. The van der Waals surface area contributed by atoms with E-state index in [1.165, 1.54) is 0 Å². The van der Waals surface area contributed by atoms with Crippen LogP contribution < -0.4 is 0 Å². The number of hydrogen-bond donors (Lipinski definition) is 0. The lowest BCUT2D eigenvalue weighted by atomic mass is 10.1. The van der Waals surface area contributed by atoms with Crippen LogP contribution in [0.25, 0.3) is 6.08 Å². The minimum Gasteiger partial charge on any atom is -0.467 e. The number of rotatable bonds is 6. The molecule has 0 atom stereocenters. The van der Waals surface area contributed by atoms with Crippen molar-refractivity contribution < 1.29 is 9.21 Å². The molecule has 1 aromatic carbocycles. The Morgan fingerprint density at radius 2 is 2.00 bits per heavy atom. The van der Waals surface area contributed by atoms with Gasteiger partial charge in [0.1, 0.15) is 5.76 Å². The van der Waals surface area contributed by atoms with E-state index in [0.717, 1.165) is 16.2 Å². The van der Waals surface area contributed by atoms with Crippen molar-refractivity contribution in [2.75, 3.05) is 0 Å². The number of benzene rings is 1. The lowest BCUT2D eigenvalue weighted by Gasteiger charge is -2.19. The van der Waals surface area contributed by atoms with Crippen molar-refractivity contribution >= 4 is 23.3 Å². The molecule has 0 radical (unpaired) electrons. The zero-order valence-electron chi connectivity index (χ0n) is 13.5. The molecule has 124 valence electrons. The van der Waals surface area contributed by atoms with E-state index in [1.54, 1.807) is 46.8 Å². The molecule has 25 heavy (non-hydrogen) atoms. The minimum absolute atomic E-state index is 0.0887. The van der Waals surface area contributed by atoms with Gasteiger partial charge in [0.15, 0.2) is 0 Å². The molecule has 2 aromatic heterocycles. The van der Waals surface area contributed by atoms with Gasteiger partial charge >= 0.3 is 0 Å². The first-order valence-corrected chi connectivity index (χ1v) is 8.64. The molecule has 3 aromatic rings. The number of hydrogen-bond acceptors (Lipinski definition) is 4. The molecular weight excluding hydrogens is 332 g/mol. The smallest absolute Gasteiger partial charge is 0.247 e. The van der Waals surface area contributed by atoms with Gasteiger partial charge in [-0.05, 0) is 47.4 Å². The van der Waals surface area contributed by atoms with Crippen LogP contribution in [0.3, 0.4) is 0 Å². The maximum absolute atomic E-state index is 12.6. The fraction of sp³-hybridized carbons (Fsp3) is 0.100. The quantitative estimate of drug-likeness (QED) is 0.618. The molecule has 0 fully saturated rings. The van der Waals surface area contributed by atoms with E-state index in [-0.39, 0.29) is 5.91 Å². The molecule has 0 unspecified atom stereocenters. The van der Waals surface area contributed by atoms with Gasteiger partial charge in [-0.15, -0.1) is 11.3 Å². The van der Waals surface area contributed by atoms with Crippen molar-refractivity contribution in [3.63, 3.8) is 0 Å². The molecule has 0 saturated carbocycles. The first-order chi connectivity index (χ1) is 12.2. The number of amides is 1. The minimum atomic E-state index is -0.0887. The lowest BCUT2D eigenvalue weighted by molar-refractivity contribution is -0.127. The summed E-state index contributed by atoms with van der Waals surface area (Å²) in [7, 11) is 0. The molecule has 0 saturated heterocycles. The van der Waals surface area contributed by atoms with Gasteiger partial charge in [0.05, 0.1) is 31.0 Å². The van der Waals surface area contributed by atoms with Crippen molar-refractivity contribution in [3.8, 4) is 6.07 Å². The fourth-order valence-electron chi connectivity index (χ4n) is 2.33. The molecule has 0 aliphatic rings. The zero-order chi connectivity index (χ0) is 17.5. The van der Waals surface area contributed by atoms with Crippen molar-refractivity contribution in [1.82, 2.24) is 4.90 Å². The van der Waals surface area contributed by atoms with Gasteiger partial charge in [-0.1, -0.05) is 18.2 Å². The van der Waals surface area contributed by atoms with Crippen LogP contribution in [0.2, 0.25) is 0 Å². The maximum Gasteiger partial charge on any atom is 0.247 e. The third-order valence-corrected chi connectivity index (χ3v) is 4.48. The Morgan fingerprint density at radius 1 is 1.16 bits per heavy atom. The molecule has 0 bridgehead atoms. The summed E-state index contributed by atoms with van der Waals surface area (Å²) in [6.45, 7) is 0.955. The van der Waals surface area contributed by atoms with Gasteiger partial charge in [-0.25, -0.2) is 0 Å². The predicted molar refractivity (Wildman–Crippen MR) is 97.5 cm³/mol. The fourth-order valence-corrected chi connectivity index (χ4v) is 3.05. The van der Waals surface area contributed by atoms with Gasteiger partial charge in [0, 0.05) is 11.0 Å². The summed E-state index contributed by atoms with van der Waals surface area (Å²) in [4.78, 5) is 15.5. The second-order valence-electron chi connectivity index (χ2n) is 5.42. The monoisotopic (exact) mass is 348 g/mol. The van der Waals surface area contributed by atoms with Crippen molar-refractivity contribution in [2.24, 2.45) is 0 Å². The first-order valence-electron chi connectivity index (χ1n) is 7.76. The van der Waals surface area contributed by atoms with Crippen LogP contribution in [0.5, 0.6) is 0 Å². The van der Waals surface area contributed by atoms with Crippen molar-refractivity contribution in [3.05, 3.63) is 88.0 Å². The Kier molecular flexibility index (Phi) is 5.45. The van der Waals surface area contributed by atoms with E-state index < -0.39 is 0 Å². The standard InChI is InChI=1S/C20H16N2O2S/c21-13-17-7-5-16(6-8-17)9-10-20(23)22(14-18-3-1-11-24-18)15-19-4-2-12-25-19/h1-12H,14-15H2/b10-9+. The van der Waals surface area contributed by atoms with Crippen LogP contribution in [0.1, 0.15) is 21.8 Å². The number of nitrogens with zero attached hydrogens (tertiary/aromatic N) is 2. The van der Waals surface area contributed by atoms with E-state index in [4.69, 9.17) is 9.68 Å². The van der Waals surface area contributed by atoms with Crippen LogP contribution in [0, 0.1) is 11.3 Å². The Bertz CT molecular complexity index is 837. The Morgan fingerprint density at radius 3 is 2.64 bits per heavy atom. The van der Waals surface area contributed by atoms with Crippen molar-refractivity contribution in [1.29, 1.82) is 5.26 Å². The average Bonchev–Trinajstić information content (AvgIpc) is 3.33. The van der Waals surface area contributed by atoms with Crippen LogP contribution in [-0.2, 0) is 17.9 Å². The molecule has 0 aliphatic heterocycles. The molecule has 1 amide bonds. The number of furan rings is 1. The van der Waals surface area contributed by atoms with E-state index in [9.17, 15) is 4.79 Å². The van der Waals surface area contributed by atoms with Crippen LogP contribution in [0.15, 0.2) is 70.7 Å². The third kappa shape index (κ3) is 4.69. The Balaban J connectivity index is 1.73. The summed E-state index contributed by atoms with van der Waals surface area (Å²) in [5.41, 5.74) is 1.47. The van der Waals surface area contributed by atoms with Gasteiger partial charge in [-0.2, -0.15) is 5.26 Å². The highest BCUT2D eigenvalue weighted by Gasteiger charge is 2.14. The maximum atomic E-state index is 12.6. The summed E-state index contributed by atoms with van der Waals surface area (Å²) in [6, 6.07) is 16.8. The van der Waals surface area contributed by atoms with E-state index in [1.807, 2.05) is 41.8 Å². The molecular formula is C20H16N2O2S. The summed E-state index contributed by atoms with van der Waals surface area (Å²) in [5.74, 6) is 0.658. The molecule has 5 heteroatoms. The van der Waals surface area contributed by atoms with E-state index in [0.29, 0.717) is 18.7 Å². The second-order valence-corrected chi connectivity index (χ2v) is 6.45. The highest BCUT2D eigenvalue weighted by Crippen LogP contribution is 2.16. The van der Waals surface area contributed by atoms with Crippen LogP contribution in [0.4, 0.5) is 0 Å². The molecule has 0 aliphatic carbocycles. The summed E-state index contributed by atoms with van der Waals surface area (Å²) >= 11 is 1.62. The van der Waals surface area contributed by atoms with E-state index >= 15 is 0 Å². The average molecular weight is 348 g/mol. The van der Waals surface area contributed by atoms with E-state index in [2.05, 4.69) is 6.07 Å². The second kappa shape index (κ2) is 8.13. The first kappa shape index (κ1) is 16.7. The van der Waals surface area contributed by atoms with Crippen LogP contribution in [-0.4, -0.2) is 10.8 Å². The van der Waals surface area contributed by atoms with Gasteiger partial charge in [0.2, 0.25) is 5.91 Å². The normalized spacial score (nSPS) is 10.7. The third-order valence-electron chi connectivity index (χ3n) is 3.62. The summed E-state index contributed by atoms with van der Waals surface area (Å²) in [5, 5.41) is 10.8. The summed E-state index contributed by atoms with van der Waals surface area (Å²) < 4.78 is 5.38. The topological polar surface area (TPSA) is 57.2 Å². The Labute approximate surface area is 150 Å².